The van der Waals surface area contributed by atoms with E-state index < -0.39 is 0 Å². The fourth-order valence-electron chi connectivity index (χ4n) is 1.30. The minimum absolute atomic E-state index is 1.11. The molecular formula is C13H16. The Hall–Kier alpha value is -1.26. The van der Waals surface area contributed by atoms with E-state index in [1.165, 1.54) is 11.1 Å². The first kappa shape index (κ1) is 9.83. The summed E-state index contributed by atoms with van der Waals surface area (Å²) in [6.45, 7) is 4.13. The highest BCUT2D eigenvalue weighted by molar-refractivity contribution is 5.16. The van der Waals surface area contributed by atoms with Gasteiger partial charge in [0.25, 0.3) is 0 Å². The van der Waals surface area contributed by atoms with Gasteiger partial charge in [-0.1, -0.05) is 30.3 Å². The summed E-state index contributed by atoms with van der Waals surface area (Å²) in [6, 6.07) is 10.6. The van der Waals surface area contributed by atoms with Crippen molar-refractivity contribution in [3.63, 3.8) is 0 Å². The Morgan fingerprint density at radius 1 is 1.31 bits per heavy atom. The van der Waals surface area contributed by atoms with E-state index in [-0.39, 0.29) is 0 Å². The average molecular weight is 172 g/mol. The molecule has 0 aliphatic heterocycles. The minimum atomic E-state index is 1.11. The quantitative estimate of drug-likeness (QED) is 0.609. The van der Waals surface area contributed by atoms with Gasteiger partial charge >= 0.3 is 0 Å². The first-order chi connectivity index (χ1) is 6.33. The van der Waals surface area contributed by atoms with E-state index >= 15 is 0 Å². The van der Waals surface area contributed by atoms with Gasteiger partial charge in [0.05, 0.1) is 0 Å². The maximum absolute atomic E-state index is 3.21. The molecule has 0 bridgehead atoms. The van der Waals surface area contributed by atoms with Crippen LogP contribution in [-0.2, 0) is 6.42 Å². The maximum atomic E-state index is 3.21. The summed E-state index contributed by atoms with van der Waals surface area (Å²) < 4.78 is 0. The predicted octanol–water partition coefficient (Wildman–Crippen LogP) is 3.74. The highest BCUT2D eigenvalue weighted by Gasteiger charge is 1.91. The van der Waals surface area contributed by atoms with Crippen molar-refractivity contribution in [2.24, 2.45) is 0 Å². The molecule has 0 saturated carbocycles. The standard InChI is InChI=1S/C13H16/c1-3-7-12(2)10-11-13-8-5-4-6-9-13/h3-6,8-9H,10-11H2,1-2H3. The topological polar surface area (TPSA) is 0 Å². The molecule has 0 nitrogen and oxygen atoms in total. The molecule has 0 radical (unpaired) electrons. The molecule has 0 fully saturated rings. The van der Waals surface area contributed by atoms with Crippen molar-refractivity contribution >= 4 is 0 Å². The molecule has 0 saturated heterocycles. The van der Waals surface area contributed by atoms with Crippen molar-refractivity contribution in [3.8, 4) is 0 Å². The molecule has 1 rings (SSSR count). The van der Waals surface area contributed by atoms with Crippen LogP contribution in [0.3, 0.4) is 0 Å². The first-order valence-electron chi connectivity index (χ1n) is 4.73. The summed E-state index contributed by atoms with van der Waals surface area (Å²) in [5.41, 5.74) is 5.94. The van der Waals surface area contributed by atoms with Crippen LogP contribution in [0.25, 0.3) is 0 Å². The van der Waals surface area contributed by atoms with Crippen LogP contribution in [0.5, 0.6) is 0 Å². The molecule has 0 amide bonds. The third-order valence-corrected chi connectivity index (χ3v) is 2.02. The highest BCUT2D eigenvalue weighted by Crippen LogP contribution is 2.07. The number of hydrogen-bond donors (Lipinski definition) is 0. The maximum Gasteiger partial charge on any atom is -0.0206 e. The summed E-state index contributed by atoms with van der Waals surface area (Å²) in [4.78, 5) is 0. The Labute approximate surface area is 80.6 Å². The lowest BCUT2D eigenvalue weighted by Gasteiger charge is -1.99. The number of hydrogen-bond acceptors (Lipinski definition) is 0. The summed E-state index contributed by atoms with van der Waals surface area (Å²) in [5.74, 6) is 0. The third-order valence-electron chi connectivity index (χ3n) is 2.02. The monoisotopic (exact) mass is 172 g/mol. The lowest BCUT2D eigenvalue weighted by Crippen LogP contribution is -1.84. The van der Waals surface area contributed by atoms with Gasteiger partial charge in [-0.15, -0.1) is 5.73 Å². The molecular weight excluding hydrogens is 156 g/mol. The van der Waals surface area contributed by atoms with E-state index in [1.807, 2.05) is 13.0 Å². The van der Waals surface area contributed by atoms with E-state index in [1.54, 1.807) is 0 Å². The third kappa shape index (κ3) is 3.78. The smallest absolute Gasteiger partial charge is 0.0206 e. The largest absolute Gasteiger partial charge is 0.127 e. The van der Waals surface area contributed by atoms with Crippen LogP contribution >= 0.6 is 0 Å². The van der Waals surface area contributed by atoms with Crippen molar-refractivity contribution in [1.82, 2.24) is 0 Å². The molecule has 0 heteroatoms. The highest BCUT2D eigenvalue weighted by atomic mass is 14.0. The van der Waals surface area contributed by atoms with Crippen molar-refractivity contribution in [2.75, 3.05) is 0 Å². The van der Waals surface area contributed by atoms with Gasteiger partial charge in [-0.25, -0.2) is 0 Å². The average Bonchev–Trinajstić information content (AvgIpc) is 2.17. The molecule has 0 aliphatic rings. The molecule has 0 aliphatic carbocycles. The van der Waals surface area contributed by atoms with Crippen LogP contribution < -0.4 is 0 Å². The van der Waals surface area contributed by atoms with Crippen molar-refractivity contribution < 1.29 is 0 Å². The van der Waals surface area contributed by atoms with Crippen LogP contribution in [0.2, 0.25) is 0 Å². The van der Waals surface area contributed by atoms with E-state index in [4.69, 9.17) is 0 Å². The van der Waals surface area contributed by atoms with Gasteiger partial charge < -0.3 is 0 Å². The molecule has 1 aromatic rings. The second kappa shape index (κ2) is 5.40. The number of benzene rings is 1. The minimum Gasteiger partial charge on any atom is -0.127 e. The van der Waals surface area contributed by atoms with Gasteiger partial charge in [-0.2, -0.15) is 0 Å². The fraction of sp³-hybridized carbons (Fsp3) is 0.308. The second-order valence-electron chi connectivity index (χ2n) is 3.20. The van der Waals surface area contributed by atoms with Crippen LogP contribution in [0.4, 0.5) is 0 Å². The Morgan fingerprint density at radius 2 is 2.00 bits per heavy atom. The van der Waals surface area contributed by atoms with Gasteiger partial charge in [0, 0.05) is 0 Å². The molecule has 13 heavy (non-hydrogen) atoms. The summed E-state index contributed by atoms with van der Waals surface area (Å²) >= 11 is 0. The lowest BCUT2D eigenvalue weighted by atomic mass is 10.1. The molecule has 68 valence electrons. The molecule has 1 aromatic carbocycles. The SMILES string of the molecule is CC=C=C(C)CCc1ccccc1. The zero-order valence-electron chi connectivity index (χ0n) is 8.38. The van der Waals surface area contributed by atoms with E-state index in [0.717, 1.165) is 12.8 Å². The van der Waals surface area contributed by atoms with Crippen molar-refractivity contribution in [2.45, 2.75) is 26.7 Å². The molecule has 0 unspecified atom stereocenters. The summed E-state index contributed by atoms with van der Waals surface area (Å²) in [6.07, 6.45) is 4.20. The Kier molecular flexibility index (Phi) is 4.08. The van der Waals surface area contributed by atoms with Crippen molar-refractivity contribution in [1.29, 1.82) is 0 Å². The predicted molar refractivity (Wildman–Crippen MR) is 57.7 cm³/mol. The van der Waals surface area contributed by atoms with Crippen molar-refractivity contribution in [3.05, 3.63) is 53.3 Å². The van der Waals surface area contributed by atoms with E-state index in [9.17, 15) is 0 Å². The van der Waals surface area contributed by atoms with Crippen LogP contribution in [-0.4, -0.2) is 0 Å². The van der Waals surface area contributed by atoms with Crippen LogP contribution in [0, 0.1) is 0 Å². The number of rotatable bonds is 3. The Morgan fingerprint density at radius 3 is 2.62 bits per heavy atom. The van der Waals surface area contributed by atoms with Crippen LogP contribution in [0.15, 0.2) is 47.7 Å². The fourth-order valence-corrected chi connectivity index (χ4v) is 1.30. The van der Waals surface area contributed by atoms with Gasteiger partial charge in [0.15, 0.2) is 0 Å². The van der Waals surface area contributed by atoms with E-state index in [0.29, 0.717) is 0 Å². The first-order valence-corrected chi connectivity index (χ1v) is 4.73. The molecule has 0 heterocycles. The normalized spacial score (nSPS) is 9.08. The Balaban J connectivity index is 2.49. The van der Waals surface area contributed by atoms with Crippen LogP contribution in [0.1, 0.15) is 25.8 Å². The summed E-state index contributed by atoms with van der Waals surface area (Å²) in [5, 5.41) is 0. The van der Waals surface area contributed by atoms with Gasteiger partial charge in [-0.3, -0.25) is 0 Å². The Bertz CT molecular complexity index is 300. The summed E-state index contributed by atoms with van der Waals surface area (Å²) in [7, 11) is 0. The number of aryl methyl sites for hydroxylation is 1. The lowest BCUT2D eigenvalue weighted by molar-refractivity contribution is 0.943. The molecule has 0 atom stereocenters. The molecule has 0 N–H and O–H groups in total. The van der Waals surface area contributed by atoms with Gasteiger partial charge in [0.1, 0.15) is 0 Å². The zero-order chi connectivity index (χ0) is 9.52. The van der Waals surface area contributed by atoms with E-state index in [2.05, 4.69) is 43.0 Å². The molecule has 0 spiro atoms. The second-order valence-corrected chi connectivity index (χ2v) is 3.20. The van der Waals surface area contributed by atoms with Gasteiger partial charge in [-0.05, 0) is 43.9 Å². The van der Waals surface area contributed by atoms with Gasteiger partial charge in [0.2, 0.25) is 0 Å². The zero-order valence-corrected chi connectivity index (χ0v) is 8.38. The molecule has 0 aromatic heterocycles. The number of allylic oxidation sites excluding steroid dienone is 1.